The normalized spacial score (nSPS) is 13.4. The molecule has 0 nitrogen and oxygen atoms in total. The van der Waals surface area contributed by atoms with Gasteiger partial charge < -0.3 is 0 Å². The van der Waals surface area contributed by atoms with Crippen LogP contribution in [0.4, 0.5) is 0 Å². The fourth-order valence-electron chi connectivity index (χ4n) is 1.13. The molecule has 0 aliphatic carbocycles. The minimum Gasteiger partial charge on any atom is -0.0856 e. The molecule has 0 aromatic heterocycles. The van der Waals surface area contributed by atoms with Crippen molar-refractivity contribution in [1.82, 2.24) is 0 Å². The number of hydrogen-bond acceptors (Lipinski definition) is 0. The van der Waals surface area contributed by atoms with Gasteiger partial charge in [0.05, 0.1) is 0 Å². The average Bonchev–Trinajstić information content (AvgIpc) is 2.17. The van der Waals surface area contributed by atoms with Gasteiger partial charge in [-0.1, -0.05) is 47.1 Å². The van der Waals surface area contributed by atoms with E-state index in [0.717, 1.165) is 12.8 Å². The molecule has 0 aliphatic heterocycles. The lowest BCUT2D eigenvalue weighted by molar-refractivity contribution is 0.967. The van der Waals surface area contributed by atoms with E-state index in [-0.39, 0.29) is 0 Å². The predicted octanol–water partition coefficient (Wildman–Crippen LogP) is 5.20. The topological polar surface area (TPSA) is 0 Å². The van der Waals surface area contributed by atoms with Crippen LogP contribution in [0.5, 0.6) is 0 Å². The molecule has 0 amide bonds. The zero-order chi connectivity index (χ0) is 11.7. The molecule has 0 aromatic rings. The third-order valence-electron chi connectivity index (χ3n) is 2.29. The Labute approximate surface area is 95.1 Å². The molecule has 0 aromatic carbocycles. The molecular weight excluding hydrogens is 180 g/mol. The Morgan fingerprint density at radius 3 is 2.27 bits per heavy atom. The lowest BCUT2D eigenvalue weighted by Gasteiger charge is -1.96. The van der Waals surface area contributed by atoms with Crippen molar-refractivity contribution in [3.8, 4) is 0 Å². The molecule has 0 radical (unpaired) electrons. The van der Waals surface area contributed by atoms with Gasteiger partial charge in [-0.25, -0.2) is 0 Å². The summed E-state index contributed by atoms with van der Waals surface area (Å²) in [6.45, 7) is 10.7. The van der Waals surface area contributed by atoms with Gasteiger partial charge in [-0.2, -0.15) is 0 Å². The summed E-state index contributed by atoms with van der Waals surface area (Å²) in [4.78, 5) is 0. The van der Waals surface area contributed by atoms with Crippen molar-refractivity contribution < 1.29 is 0 Å². The van der Waals surface area contributed by atoms with Crippen LogP contribution in [0, 0.1) is 0 Å². The molecule has 0 N–H and O–H groups in total. The van der Waals surface area contributed by atoms with Gasteiger partial charge in [0.1, 0.15) is 0 Å². The van der Waals surface area contributed by atoms with Crippen molar-refractivity contribution in [3.05, 3.63) is 47.1 Å². The molecule has 0 heteroatoms. The third kappa shape index (κ3) is 9.27. The van der Waals surface area contributed by atoms with Crippen molar-refractivity contribution in [2.75, 3.05) is 0 Å². The summed E-state index contributed by atoms with van der Waals surface area (Å²) in [5.41, 5.74) is 4.15. The summed E-state index contributed by atoms with van der Waals surface area (Å²) in [6, 6.07) is 0. The van der Waals surface area contributed by atoms with Crippen LogP contribution in [0.3, 0.4) is 0 Å². The minimum absolute atomic E-state index is 1.15. The Morgan fingerprint density at radius 2 is 1.73 bits per heavy atom. The smallest absolute Gasteiger partial charge is 0.0285 e. The maximum Gasteiger partial charge on any atom is -0.0285 e. The number of rotatable bonds is 5. The number of allylic oxidation sites excluding steroid dienone is 8. The fourth-order valence-corrected chi connectivity index (χ4v) is 1.13. The third-order valence-corrected chi connectivity index (χ3v) is 2.29. The second-order valence-electron chi connectivity index (χ2n) is 4.22. The monoisotopic (exact) mass is 204 g/mol. The van der Waals surface area contributed by atoms with Gasteiger partial charge in [-0.15, -0.1) is 0 Å². The van der Waals surface area contributed by atoms with E-state index in [2.05, 4.69) is 65.0 Å². The van der Waals surface area contributed by atoms with Crippen LogP contribution < -0.4 is 0 Å². The van der Waals surface area contributed by atoms with Gasteiger partial charge in [0, 0.05) is 0 Å². The van der Waals surface area contributed by atoms with Crippen molar-refractivity contribution in [2.45, 2.75) is 47.5 Å². The Balaban J connectivity index is 4.00. The highest BCUT2D eigenvalue weighted by molar-refractivity contribution is 5.21. The SMILES string of the molecule is C/C=C(C)/C=C/C=C(\C)CCC=C(C)C. The van der Waals surface area contributed by atoms with Gasteiger partial charge in [-0.3, -0.25) is 0 Å². The zero-order valence-corrected chi connectivity index (χ0v) is 10.8. The van der Waals surface area contributed by atoms with Gasteiger partial charge in [0.25, 0.3) is 0 Å². The molecule has 0 bridgehead atoms. The zero-order valence-electron chi connectivity index (χ0n) is 10.8. The Morgan fingerprint density at radius 1 is 1.07 bits per heavy atom. The minimum atomic E-state index is 1.15. The maximum absolute atomic E-state index is 2.29. The first-order chi connectivity index (χ1) is 7.06. The molecule has 84 valence electrons. The number of hydrogen-bond donors (Lipinski definition) is 0. The summed E-state index contributed by atoms with van der Waals surface area (Å²) in [5, 5.41) is 0. The van der Waals surface area contributed by atoms with Gasteiger partial charge in [-0.05, 0) is 47.5 Å². The van der Waals surface area contributed by atoms with Crippen molar-refractivity contribution in [1.29, 1.82) is 0 Å². The highest BCUT2D eigenvalue weighted by Crippen LogP contribution is 2.07. The first-order valence-corrected chi connectivity index (χ1v) is 5.66. The summed E-state index contributed by atoms with van der Waals surface area (Å²) in [5.74, 6) is 0. The predicted molar refractivity (Wildman–Crippen MR) is 71.0 cm³/mol. The Hall–Kier alpha value is -1.04. The van der Waals surface area contributed by atoms with Gasteiger partial charge in [0.15, 0.2) is 0 Å². The van der Waals surface area contributed by atoms with E-state index in [4.69, 9.17) is 0 Å². The molecule has 0 unspecified atom stereocenters. The average molecular weight is 204 g/mol. The van der Waals surface area contributed by atoms with E-state index in [9.17, 15) is 0 Å². The molecule has 0 spiro atoms. The van der Waals surface area contributed by atoms with E-state index >= 15 is 0 Å². The van der Waals surface area contributed by atoms with Crippen LogP contribution in [0.1, 0.15) is 47.5 Å². The van der Waals surface area contributed by atoms with Gasteiger partial charge >= 0.3 is 0 Å². The Kier molecular flexibility index (Phi) is 7.71. The van der Waals surface area contributed by atoms with Crippen LogP contribution >= 0.6 is 0 Å². The largest absolute Gasteiger partial charge is 0.0856 e. The van der Waals surface area contributed by atoms with E-state index < -0.39 is 0 Å². The van der Waals surface area contributed by atoms with E-state index in [0.29, 0.717) is 0 Å². The van der Waals surface area contributed by atoms with E-state index in [1.54, 1.807) is 0 Å². The summed E-state index contributed by atoms with van der Waals surface area (Å²) >= 11 is 0. The lowest BCUT2D eigenvalue weighted by atomic mass is 10.1. The molecular formula is C15H24. The van der Waals surface area contributed by atoms with Crippen molar-refractivity contribution in [3.63, 3.8) is 0 Å². The van der Waals surface area contributed by atoms with Crippen LogP contribution in [0.15, 0.2) is 47.1 Å². The lowest BCUT2D eigenvalue weighted by Crippen LogP contribution is -1.76. The van der Waals surface area contributed by atoms with Crippen LogP contribution in [0.2, 0.25) is 0 Å². The van der Waals surface area contributed by atoms with Crippen LogP contribution in [-0.2, 0) is 0 Å². The van der Waals surface area contributed by atoms with Crippen LogP contribution in [0.25, 0.3) is 0 Å². The molecule has 0 heterocycles. The molecule has 0 aliphatic rings. The Bertz CT molecular complexity index is 281. The first kappa shape index (κ1) is 14.0. The first-order valence-electron chi connectivity index (χ1n) is 5.66. The molecule has 15 heavy (non-hydrogen) atoms. The van der Waals surface area contributed by atoms with Gasteiger partial charge in [0.2, 0.25) is 0 Å². The second-order valence-corrected chi connectivity index (χ2v) is 4.22. The highest BCUT2D eigenvalue weighted by atomic mass is 13.9. The summed E-state index contributed by atoms with van der Waals surface area (Å²) in [7, 11) is 0. The molecule has 0 rings (SSSR count). The van der Waals surface area contributed by atoms with Crippen molar-refractivity contribution >= 4 is 0 Å². The van der Waals surface area contributed by atoms with Crippen molar-refractivity contribution in [2.24, 2.45) is 0 Å². The second kappa shape index (κ2) is 8.28. The molecule has 0 saturated carbocycles. The van der Waals surface area contributed by atoms with Crippen LogP contribution in [-0.4, -0.2) is 0 Å². The van der Waals surface area contributed by atoms with E-state index in [1.807, 2.05) is 0 Å². The quantitative estimate of drug-likeness (QED) is 0.426. The maximum atomic E-state index is 2.29. The highest BCUT2D eigenvalue weighted by Gasteiger charge is 1.86. The summed E-state index contributed by atoms with van der Waals surface area (Å²) < 4.78 is 0. The molecule has 0 fully saturated rings. The fraction of sp³-hybridized carbons (Fsp3) is 0.467. The molecule has 0 saturated heterocycles. The molecule has 0 atom stereocenters. The van der Waals surface area contributed by atoms with E-state index in [1.165, 1.54) is 16.7 Å². The summed E-state index contributed by atoms with van der Waals surface area (Å²) in [6.07, 6.45) is 13.2. The standard InChI is InChI=1S/C15H24/c1-6-14(4)10-8-12-15(5)11-7-9-13(2)3/h6,8-10,12H,7,11H2,1-5H3/b10-8+,14-6+,15-12+.